The first-order valence-corrected chi connectivity index (χ1v) is 8.17. The van der Waals surface area contributed by atoms with E-state index in [1.165, 1.54) is 37.8 Å². The molecule has 0 amide bonds. The number of fused-ring (bicyclic) bond motifs is 1. The second kappa shape index (κ2) is 7.67. The smallest absolute Gasteiger partial charge is 0.119 e. The Kier molecular flexibility index (Phi) is 6.13. The van der Waals surface area contributed by atoms with E-state index in [9.17, 15) is 0 Å². The zero-order valence-electron chi connectivity index (χ0n) is 13.7. The van der Waals surface area contributed by atoms with Crippen LogP contribution >= 0.6 is 12.4 Å². The van der Waals surface area contributed by atoms with Gasteiger partial charge in [0.05, 0.1) is 19.3 Å². The second-order valence-corrected chi connectivity index (χ2v) is 6.65. The van der Waals surface area contributed by atoms with Crippen molar-refractivity contribution in [2.45, 2.75) is 37.7 Å². The summed E-state index contributed by atoms with van der Waals surface area (Å²) in [6, 6.07) is 8.48. The van der Waals surface area contributed by atoms with Crippen LogP contribution in [0.3, 0.4) is 0 Å². The van der Waals surface area contributed by atoms with Gasteiger partial charge in [-0.2, -0.15) is 0 Å². The summed E-state index contributed by atoms with van der Waals surface area (Å²) in [4.78, 5) is 2.43. The lowest BCUT2D eigenvalue weighted by Gasteiger charge is -2.43. The fourth-order valence-electron chi connectivity index (χ4n) is 4.01. The maximum atomic E-state index is 6.46. The Morgan fingerprint density at radius 2 is 2.23 bits per heavy atom. The normalized spacial score (nSPS) is 29.1. The van der Waals surface area contributed by atoms with E-state index in [2.05, 4.69) is 30.1 Å². The number of likely N-dealkylation sites (N-methyl/N-ethyl adjacent to an activating group) is 1. The molecule has 3 rings (SSSR count). The third kappa shape index (κ3) is 3.76. The minimum absolute atomic E-state index is 0. The van der Waals surface area contributed by atoms with Crippen molar-refractivity contribution in [1.82, 2.24) is 4.90 Å². The quantitative estimate of drug-likeness (QED) is 0.848. The third-order valence-electron chi connectivity index (χ3n) is 5.18. The van der Waals surface area contributed by atoms with Gasteiger partial charge in [-0.15, -0.1) is 12.4 Å². The Balaban J connectivity index is 0.00000176. The molecule has 2 atom stereocenters. The molecule has 2 aliphatic rings. The van der Waals surface area contributed by atoms with Crippen LogP contribution in [0, 0.1) is 5.92 Å². The second-order valence-electron chi connectivity index (χ2n) is 6.65. The van der Waals surface area contributed by atoms with Gasteiger partial charge in [-0.05, 0) is 37.6 Å². The molecule has 22 heavy (non-hydrogen) atoms. The SMILES string of the molecule is COc1cccc(CC23CCCCC2CN(C)CCO3)c1.Cl. The molecule has 1 heterocycles. The Labute approximate surface area is 140 Å². The molecule has 0 aromatic heterocycles. The van der Waals surface area contributed by atoms with E-state index in [-0.39, 0.29) is 18.0 Å². The number of ether oxygens (including phenoxy) is 2. The minimum Gasteiger partial charge on any atom is -0.497 e. The van der Waals surface area contributed by atoms with Crippen molar-refractivity contribution in [1.29, 1.82) is 0 Å². The molecule has 4 heteroatoms. The number of hydrogen-bond acceptors (Lipinski definition) is 3. The Morgan fingerprint density at radius 1 is 1.36 bits per heavy atom. The fraction of sp³-hybridized carbons (Fsp3) is 0.667. The lowest BCUT2D eigenvalue weighted by atomic mass is 9.72. The van der Waals surface area contributed by atoms with Crippen LogP contribution in [0.5, 0.6) is 5.75 Å². The van der Waals surface area contributed by atoms with E-state index in [0.717, 1.165) is 25.3 Å². The average molecular weight is 326 g/mol. The van der Waals surface area contributed by atoms with E-state index in [4.69, 9.17) is 9.47 Å². The van der Waals surface area contributed by atoms with Crippen molar-refractivity contribution in [3.63, 3.8) is 0 Å². The summed E-state index contributed by atoms with van der Waals surface area (Å²) in [6.07, 6.45) is 6.16. The van der Waals surface area contributed by atoms with Crippen LogP contribution in [0.2, 0.25) is 0 Å². The molecule has 3 nitrogen and oxygen atoms in total. The molecular formula is C18H28ClNO2. The monoisotopic (exact) mass is 325 g/mol. The Morgan fingerprint density at radius 3 is 3.05 bits per heavy atom. The highest BCUT2D eigenvalue weighted by molar-refractivity contribution is 5.85. The molecule has 1 saturated heterocycles. The maximum Gasteiger partial charge on any atom is 0.119 e. The lowest BCUT2D eigenvalue weighted by molar-refractivity contribution is -0.0935. The highest BCUT2D eigenvalue weighted by atomic mass is 35.5. The first-order chi connectivity index (χ1) is 10.2. The number of rotatable bonds is 3. The number of halogens is 1. The van der Waals surface area contributed by atoms with E-state index in [0.29, 0.717) is 5.92 Å². The molecule has 1 aromatic rings. The summed E-state index contributed by atoms with van der Waals surface area (Å²) in [5, 5.41) is 0. The molecule has 124 valence electrons. The number of nitrogens with zero attached hydrogens (tertiary/aromatic N) is 1. The number of benzene rings is 1. The summed E-state index contributed by atoms with van der Waals surface area (Å²) < 4.78 is 11.8. The molecule has 1 saturated carbocycles. The minimum atomic E-state index is 0. The van der Waals surface area contributed by atoms with Crippen LogP contribution < -0.4 is 4.74 Å². The lowest BCUT2D eigenvalue weighted by Crippen LogP contribution is -2.47. The van der Waals surface area contributed by atoms with Crippen LogP contribution in [-0.2, 0) is 11.2 Å². The van der Waals surface area contributed by atoms with Crippen LogP contribution in [-0.4, -0.2) is 44.4 Å². The highest BCUT2D eigenvalue weighted by Gasteiger charge is 2.43. The average Bonchev–Trinajstić information content (AvgIpc) is 2.65. The first-order valence-electron chi connectivity index (χ1n) is 8.17. The van der Waals surface area contributed by atoms with Crippen molar-refractivity contribution < 1.29 is 9.47 Å². The third-order valence-corrected chi connectivity index (χ3v) is 5.18. The van der Waals surface area contributed by atoms with Crippen molar-refractivity contribution in [3.8, 4) is 5.75 Å². The predicted octanol–water partition coefficient (Wildman–Crippen LogP) is 3.55. The van der Waals surface area contributed by atoms with E-state index in [1.54, 1.807) is 7.11 Å². The van der Waals surface area contributed by atoms with Gasteiger partial charge in [0.15, 0.2) is 0 Å². The van der Waals surface area contributed by atoms with E-state index >= 15 is 0 Å². The summed E-state index contributed by atoms with van der Waals surface area (Å²) in [5.41, 5.74) is 1.38. The Hall–Kier alpha value is -0.770. The molecular weight excluding hydrogens is 298 g/mol. The molecule has 2 unspecified atom stereocenters. The van der Waals surface area contributed by atoms with E-state index in [1.807, 2.05) is 6.07 Å². The molecule has 0 radical (unpaired) electrons. The first kappa shape index (κ1) is 17.6. The van der Waals surface area contributed by atoms with Gasteiger partial charge in [-0.3, -0.25) is 0 Å². The standard InChI is InChI=1S/C18H27NO2.ClH/c1-19-10-11-21-18(9-4-3-7-16(18)14-19)13-15-6-5-8-17(12-15)20-2;/h5-6,8,12,16H,3-4,7,9-11,13-14H2,1-2H3;1H. The highest BCUT2D eigenvalue weighted by Crippen LogP contribution is 2.41. The number of methoxy groups -OCH3 is 1. The molecule has 1 aliphatic carbocycles. The molecule has 0 bridgehead atoms. The summed E-state index contributed by atoms with van der Waals surface area (Å²) >= 11 is 0. The van der Waals surface area contributed by atoms with Crippen LogP contribution in [0.1, 0.15) is 31.2 Å². The van der Waals surface area contributed by atoms with Gasteiger partial charge in [-0.25, -0.2) is 0 Å². The largest absolute Gasteiger partial charge is 0.497 e. The van der Waals surface area contributed by atoms with Crippen LogP contribution in [0.15, 0.2) is 24.3 Å². The van der Waals surface area contributed by atoms with Gasteiger partial charge >= 0.3 is 0 Å². The van der Waals surface area contributed by atoms with Gasteiger partial charge in [-0.1, -0.05) is 25.0 Å². The molecule has 0 spiro atoms. The number of hydrogen-bond donors (Lipinski definition) is 0. The summed E-state index contributed by atoms with van der Waals surface area (Å²) in [7, 11) is 3.96. The summed E-state index contributed by atoms with van der Waals surface area (Å²) in [5.74, 6) is 1.60. The van der Waals surface area contributed by atoms with Gasteiger partial charge < -0.3 is 14.4 Å². The van der Waals surface area contributed by atoms with Gasteiger partial charge in [0.25, 0.3) is 0 Å². The van der Waals surface area contributed by atoms with E-state index < -0.39 is 0 Å². The van der Waals surface area contributed by atoms with Crippen LogP contribution in [0.25, 0.3) is 0 Å². The molecule has 2 fully saturated rings. The maximum absolute atomic E-state index is 6.46. The Bertz CT molecular complexity index is 482. The zero-order chi connectivity index (χ0) is 14.7. The fourth-order valence-corrected chi connectivity index (χ4v) is 4.01. The summed E-state index contributed by atoms with van der Waals surface area (Å²) in [6.45, 7) is 3.08. The van der Waals surface area contributed by atoms with Crippen molar-refractivity contribution in [3.05, 3.63) is 29.8 Å². The van der Waals surface area contributed by atoms with Crippen molar-refractivity contribution >= 4 is 12.4 Å². The zero-order valence-corrected chi connectivity index (χ0v) is 14.5. The topological polar surface area (TPSA) is 21.7 Å². The van der Waals surface area contributed by atoms with Crippen molar-refractivity contribution in [2.24, 2.45) is 5.92 Å². The molecule has 1 aliphatic heterocycles. The molecule has 1 aromatic carbocycles. The van der Waals surface area contributed by atoms with Gasteiger partial charge in [0.1, 0.15) is 5.75 Å². The predicted molar refractivity (Wildman–Crippen MR) is 92.1 cm³/mol. The molecule has 0 N–H and O–H groups in total. The van der Waals surface area contributed by atoms with Crippen LogP contribution in [0.4, 0.5) is 0 Å². The van der Waals surface area contributed by atoms with Gasteiger partial charge in [0.2, 0.25) is 0 Å². The van der Waals surface area contributed by atoms with Crippen molar-refractivity contribution in [2.75, 3.05) is 33.9 Å². The van der Waals surface area contributed by atoms with Gasteiger partial charge in [0, 0.05) is 25.4 Å².